The van der Waals surface area contributed by atoms with Crippen molar-refractivity contribution in [2.75, 3.05) is 5.75 Å². The molecule has 0 radical (unpaired) electrons. The van der Waals surface area contributed by atoms with Crippen LogP contribution in [0.2, 0.25) is 5.02 Å². The number of aliphatic carboxylic acids is 1. The Morgan fingerprint density at radius 2 is 2.24 bits per heavy atom. The number of carboxylic acids is 1. The first-order valence-electron chi connectivity index (χ1n) is 5.58. The number of benzene rings is 1. The normalized spacial score (nSPS) is 10.6. The molecule has 0 aliphatic heterocycles. The number of carboxylic acid groups (broad SMARTS) is 1. The summed E-state index contributed by atoms with van der Waals surface area (Å²) in [7, 11) is 1.61. The summed E-state index contributed by atoms with van der Waals surface area (Å²) in [6, 6.07) is 4.05. The summed E-state index contributed by atoms with van der Waals surface area (Å²) in [6.45, 7) is 0. The van der Waals surface area contributed by atoms with Crippen LogP contribution in [0.5, 0.6) is 0 Å². The molecule has 10 heteroatoms. The van der Waals surface area contributed by atoms with Crippen molar-refractivity contribution in [2.45, 2.75) is 5.16 Å². The number of nitrogens with zero attached hydrogens (tertiary/aromatic N) is 4. The van der Waals surface area contributed by atoms with Crippen molar-refractivity contribution in [1.29, 1.82) is 0 Å². The smallest absolute Gasteiger partial charge is 0.313 e. The fourth-order valence-electron chi connectivity index (χ4n) is 1.55. The molecule has 0 saturated carbocycles. The number of rotatable bonds is 5. The topological polar surface area (TPSA) is 111 Å². The molecule has 8 nitrogen and oxygen atoms in total. The highest BCUT2D eigenvalue weighted by Crippen LogP contribution is 2.28. The predicted octanol–water partition coefficient (Wildman–Crippen LogP) is 2.22. The lowest BCUT2D eigenvalue weighted by Gasteiger charge is -1.97. The first kappa shape index (κ1) is 15.3. The van der Waals surface area contributed by atoms with Crippen LogP contribution in [0.1, 0.15) is 0 Å². The number of aromatic nitrogens is 3. The van der Waals surface area contributed by atoms with Crippen molar-refractivity contribution in [3.63, 3.8) is 0 Å². The molecule has 0 aliphatic carbocycles. The van der Waals surface area contributed by atoms with Gasteiger partial charge >= 0.3 is 5.97 Å². The maximum Gasteiger partial charge on any atom is 0.313 e. The highest BCUT2D eigenvalue weighted by atomic mass is 35.5. The molecule has 1 aromatic carbocycles. The van der Waals surface area contributed by atoms with Gasteiger partial charge in [-0.1, -0.05) is 23.4 Å². The summed E-state index contributed by atoms with van der Waals surface area (Å²) in [5.41, 5.74) is 0.233. The van der Waals surface area contributed by atoms with Crippen molar-refractivity contribution in [3.05, 3.63) is 33.3 Å². The minimum atomic E-state index is -0.969. The number of hydrogen-bond acceptors (Lipinski definition) is 6. The summed E-state index contributed by atoms with van der Waals surface area (Å²) in [6.07, 6.45) is 0. The van der Waals surface area contributed by atoms with Gasteiger partial charge in [0.1, 0.15) is 0 Å². The van der Waals surface area contributed by atoms with E-state index in [9.17, 15) is 14.9 Å². The van der Waals surface area contributed by atoms with E-state index in [4.69, 9.17) is 16.7 Å². The number of carbonyl (C=O) groups is 1. The van der Waals surface area contributed by atoms with Gasteiger partial charge in [-0.3, -0.25) is 14.9 Å². The Morgan fingerprint density at radius 3 is 2.86 bits per heavy atom. The van der Waals surface area contributed by atoms with Crippen LogP contribution in [0.3, 0.4) is 0 Å². The van der Waals surface area contributed by atoms with Crippen molar-refractivity contribution in [2.24, 2.45) is 7.05 Å². The number of nitro benzene ring substituents is 1. The average molecular weight is 329 g/mol. The zero-order chi connectivity index (χ0) is 15.6. The van der Waals surface area contributed by atoms with Crippen LogP contribution in [0, 0.1) is 10.1 Å². The van der Waals surface area contributed by atoms with Gasteiger partial charge in [-0.2, -0.15) is 5.10 Å². The van der Waals surface area contributed by atoms with Gasteiger partial charge in [-0.15, -0.1) is 0 Å². The highest BCUT2D eigenvalue weighted by molar-refractivity contribution is 7.99. The Morgan fingerprint density at radius 1 is 1.52 bits per heavy atom. The zero-order valence-corrected chi connectivity index (χ0v) is 12.3. The zero-order valence-electron chi connectivity index (χ0n) is 10.7. The number of non-ortho nitro benzene ring substituents is 1. The van der Waals surface area contributed by atoms with E-state index in [0.29, 0.717) is 10.7 Å². The second kappa shape index (κ2) is 6.10. The van der Waals surface area contributed by atoms with E-state index in [1.54, 1.807) is 7.05 Å². The molecule has 0 fully saturated rings. The number of hydrogen-bond donors (Lipinski definition) is 1. The number of aryl methyl sites for hydroxylation is 1. The average Bonchev–Trinajstić information content (AvgIpc) is 2.77. The molecule has 1 heterocycles. The fourth-order valence-corrected chi connectivity index (χ4v) is 2.41. The van der Waals surface area contributed by atoms with Gasteiger partial charge < -0.3 is 5.11 Å². The molecule has 0 saturated heterocycles. The molecule has 0 unspecified atom stereocenters. The SMILES string of the molecule is Cn1nc(-c2cc(Cl)cc([N+](=O)[O-])c2)nc1SCC(=O)O. The second-order valence-electron chi connectivity index (χ2n) is 3.98. The minimum Gasteiger partial charge on any atom is -0.481 e. The second-order valence-corrected chi connectivity index (χ2v) is 5.36. The van der Waals surface area contributed by atoms with Gasteiger partial charge in [-0.25, -0.2) is 9.67 Å². The molecule has 1 N–H and O–H groups in total. The number of nitro groups is 1. The van der Waals surface area contributed by atoms with E-state index in [1.165, 1.54) is 22.9 Å². The Balaban J connectivity index is 2.36. The molecular weight excluding hydrogens is 320 g/mol. The maximum atomic E-state index is 10.8. The van der Waals surface area contributed by atoms with Crippen molar-refractivity contribution in [3.8, 4) is 11.4 Å². The number of halogens is 1. The van der Waals surface area contributed by atoms with Crippen LogP contribution in [-0.2, 0) is 11.8 Å². The van der Waals surface area contributed by atoms with Crippen LogP contribution in [0.4, 0.5) is 5.69 Å². The lowest BCUT2D eigenvalue weighted by atomic mass is 10.2. The number of thioether (sulfide) groups is 1. The van der Waals surface area contributed by atoms with Crippen LogP contribution in [0.25, 0.3) is 11.4 Å². The molecule has 1 aromatic heterocycles. The molecule has 0 amide bonds. The molecule has 110 valence electrons. The standard InChI is InChI=1S/C11H9ClN4O4S/c1-15-11(21-5-9(17)18)13-10(14-15)6-2-7(12)4-8(3-6)16(19)20/h2-4H,5H2,1H3,(H,17,18). The molecule has 0 atom stereocenters. The Kier molecular flexibility index (Phi) is 4.43. The van der Waals surface area contributed by atoms with E-state index < -0.39 is 10.9 Å². The molecule has 0 bridgehead atoms. The first-order valence-corrected chi connectivity index (χ1v) is 6.94. The monoisotopic (exact) mass is 328 g/mol. The Labute approximate surface area is 127 Å². The predicted molar refractivity (Wildman–Crippen MR) is 76.5 cm³/mol. The van der Waals surface area contributed by atoms with E-state index in [1.807, 2.05) is 0 Å². The van der Waals surface area contributed by atoms with Gasteiger partial charge in [0.25, 0.3) is 5.69 Å². The summed E-state index contributed by atoms with van der Waals surface area (Å²) in [4.78, 5) is 25.0. The van der Waals surface area contributed by atoms with E-state index in [2.05, 4.69) is 10.1 Å². The van der Waals surface area contributed by atoms with Crippen LogP contribution < -0.4 is 0 Å². The molecule has 21 heavy (non-hydrogen) atoms. The third kappa shape index (κ3) is 3.70. The highest BCUT2D eigenvalue weighted by Gasteiger charge is 2.15. The van der Waals surface area contributed by atoms with Crippen molar-refractivity contribution >= 4 is 35.0 Å². The van der Waals surface area contributed by atoms with Gasteiger partial charge in [0, 0.05) is 29.8 Å². The lowest BCUT2D eigenvalue weighted by Crippen LogP contribution is -2.00. The molecular formula is C11H9ClN4O4S. The molecule has 0 spiro atoms. The maximum absolute atomic E-state index is 10.8. The molecule has 2 rings (SSSR count). The summed E-state index contributed by atoms with van der Waals surface area (Å²) in [5, 5.41) is 24.2. The minimum absolute atomic E-state index is 0.151. The lowest BCUT2D eigenvalue weighted by molar-refractivity contribution is -0.384. The van der Waals surface area contributed by atoms with Gasteiger partial charge in [0.2, 0.25) is 0 Å². The van der Waals surface area contributed by atoms with Crippen LogP contribution >= 0.6 is 23.4 Å². The molecule has 0 aliphatic rings. The van der Waals surface area contributed by atoms with Crippen molar-refractivity contribution < 1.29 is 14.8 Å². The summed E-state index contributed by atoms with van der Waals surface area (Å²) >= 11 is 6.85. The van der Waals surface area contributed by atoms with Gasteiger partial charge in [-0.05, 0) is 6.07 Å². The quantitative estimate of drug-likeness (QED) is 0.508. The summed E-state index contributed by atoms with van der Waals surface area (Å²) < 4.78 is 1.41. The third-order valence-electron chi connectivity index (χ3n) is 2.40. The largest absolute Gasteiger partial charge is 0.481 e. The Bertz CT molecular complexity index is 718. The fraction of sp³-hybridized carbons (Fsp3) is 0.182. The van der Waals surface area contributed by atoms with Crippen LogP contribution in [0.15, 0.2) is 23.4 Å². The van der Waals surface area contributed by atoms with Crippen LogP contribution in [-0.4, -0.2) is 36.5 Å². The summed E-state index contributed by atoms with van der Waals surface area (Å²) in [5.74, 6) is -0.874. The van der Waals surface area contributed by atoms with Crippen molar-refractivity contribution in [1.82, 2.24) is 14.8 Å². The third-order valence-corrected chi connectivity index (χ3v) is 3.62. The van der Waals surface area contributed by atoms with Gasteiger partial charge in [0.15, 0.2) is 11.0 Å². The Hall–Kier alpha value is -2.13. The molecule has 2 aromatic rings. The first-order chi connectivity index (χ1) is 9.86. The van der Waals surface area contributed by atoms with E-state index >= 15 is 0 Å². The van der Waals surface area contributed by atoms with E-state index in [0.717, 1.165) is 11.8 Å². The van der Waals surface area contributed by atoms with E-state index in [-0.39, 0.29) is 22.3 Å². The van der Waals surface area contributed by atoms with Gasteiger partial charge in [0.05, 0.1) is 10.7 Å².